The van der Waals surface area contributed by atoms with Crippen molar-refractivity contribution in [3.8, 4) is 0 Å². The summed E-state index contributed by atoms with van der Waals surface area (Å²) in [4.78, 5) is 0. The molecular weight excluding hydrogens is 252 g/mol. The van der Waals surface area contributed by atoms with Gasteiger partial charge in [0.15, 0.2) is 0 Å². The van der Waals surface area contributed by atoms with Crippen LogP contribution in [0.15, 0.2) is 42.5 Å². The summed E-state index contributed by atoms with van der Waals surface area (Å²) in [5.41, 5.74) is 16.1. The summed E-state index contributed by atoms with van der Waals surface area (Å²) in [6, 6.07) is 13.3. The molecule has 5 nitrogen and oxygen atoms in total. The summed E-state index contributed by atoms with van der Waals surface area (Å²) in [6.07, 6.45) is 0. The first-order valence-electron chi connectivity index (χ1n) is 6.51. The molecule has 2 aromatic rings. The first kappa shape index (κ1) is 14.0. The number of nitrogens with one attached hydrogen (secondary N) is 2. The van der Waals surface area contributed by atoms with E-state index in [2.05, 4.69) is 10.6 Å². The lowest BCUT2D eigenvalue weighted by molar-refractivity contribution is 0.311. The van der Waals surface area contributed by atoms with Gasteiger partial charge in [0, 0.05) is 35.8 Å². The van der Waals surface area contributed by atoms with Crippen LogP contribution in [0.4, 0.5) is 22.7 Å². The highest BCUT2D eigenvalue weighted by Gasteiger charge is 2.00. The van der Waals surface area contributed by atoms with Crippen molar-refractivity contribution in [2.75, 3.05) is 35.3 Å². The van der Waals surface area contributed by atoms with Crippen molar-refractivity contribution < 1.29 is 5.11 Å². The normalized spacial score (nSPS) is 10.2. The summed E-state index contributed by atoms with van der Waals surface area (Å²) in [5.74, 6) is 0. The van der Waals surface area contributed by atoms with Crippen molar-refractivity contribution in [3.05, 3.63) is 48.0 Å². The van der Waals surface area contributed by atoms with Crippen molar-refractivity contribution in [2.24, 2.45) is 0 Å². The molecule has 2 rings (SSSR count). The fourth-order valence-electron chi connectivity index (χ4n) is 1.88. The standard InChI is InChI=1S/C15H20N4O/c16-12-1-6-15(17)11(9-12)10-19-14-4-2-13(3-5-14)18-7-8-20/h1-6,9,18-20H,7-8,10,16-17H2. The van der Waals surface area contributed by atoms with Gasteiger partial charge in [-0.2, -0.15) is 0 Å². The van der Waals surface area contributed by atoms with Gasteiger partial charge in [-0.3, -0.25) is 0 Å². The number of hydrogen-bond donors (Lipinski definition) is 5. The minimum atomic E-state index is 0.120. The van der Waals surface area contributed by atoms with E-state index in [1.54, 1.807) is 6.07 Å². The molecule has 0 spiro atoms. The number of anilines is 4. The number of aliphatic hydroxyl groups is 1. The second-order valence-electron chi connectivity index (χ2n) is 4.54. The van der Waals surface area contributed by atoms with E-state index in [1.165, 1.54) is 0 Å². The Bertz CT molecular complexity index is 554. The Morgan fingerprint density at radius 3 is 2.20 bits per heavy atom. The van der Waals surface area contributed by atoms with E-state index < -0.39 is 0 Å². The molecule has 0 bridgehead atoms. The lowest BCUT2D eigenvalue weighted by Crippen LogP contribution is -2.06. The third-order valence-electron chi connectivity index (χ3n) is 2.98. The van der Waals surface area contributed by atoms with Gasteiger partial charge in [-0.15, -0.1) is 0 Å². The SMILES string of the molecule is Nc1ccc(N)c(CNc2ccc(NCCO)cc2)c1. The molecule has 0 saturated heterocycles. The Balaban J connectivity index is 1.95. The number of hydrogen-bond acceptors (Lipinski definition) is 5. The van der Waals surface area contributed by atoms with Crippen LogP contribution >= 0.6 is 0 Å². The lowest BCUT2D eigenvalue weighted by atomic mass is 10.1. The molecule has 0 aliphatic rings. The van der Waals surface area contributed by atoms with E-state index in [1.807, 2.05) is 36.4 Å². The Hall–Kier alpha value is -2.40. The van der Waals surface area contributed by atoms with E-state index >= 15 is 0 Å². The van der Waals surface area contributed by atoms with E-state index in [0.29, 0.717) is 18.8 Å². The monoisotopic (exact) mass is 272 g/mol. The largest absolute Gasteiger partial charge is 0.399 e. The van der Waals surface area contributed by atoms with Crippen LogP contribution in [0.2, 0.25) is 0 Å². The van der Waals surface area contributed by atoms with Gasteiger partial charge in [0.25, 0.3) is 0 Å². The molecule has 0 radical (unpaired) electrons. The molecule has 0 aliphatic heterocycles. The Kier molecular flexibility index (Phi) is 4.68. The minimum Gasteiger partial charge on any atom is -0.399 e. The number of benzene rings is 2. The molecule has 0 fully saturated rings. The van der Waals surface area contributed by atoms with Gasteiger partial charge in [0.1, 0.15) is 0 Å². The van der Waals surface area contributed by atoms with Gasteiger partial charge >= 0.3 is 0 Å². The Labute approximate surface area is 118 Å². The van der Waals surface area contributed by atoms with E-state index in [4.69, 9.17) is 16.6 Å². The molecule has 0 aliphatic carbocycles. The molecule has 106 valence electrons. The predicted octanol–water partition coefficient (Wildman–Crippen LogP) is 1.87. The summed E-state index contributed by atoms with van der Waals surface area (Å²) in [6.45, 7) is 1.29. The first-order valence-corrected chi connectivity index (χ1v) is 6.51. The van der Waals surface area contributed by atoms with Crippen LogP contribution in [0.5, 0.6) is 0 Å². The highest BCUT2D eigenvalue weighted by molar-refractivity contribution is 5.58. The third-order valence-corrected chi connectivity index (χ3v) is 2.98. The first-order chi connectivity index (χ1) is 9.69. The minimum absolute atomic E-state index is 0.120. The topological polar surface area (TPSA) is 96.3 Å². The summed E-state index contributed by atoms with van der Waals surface area (Å²) in [7, 11) is 0. The number of rotatable bonds is 6. The molecular formula is C15H20N4O. The summed E-state index contributed by atoms with van der Waals surface area (Å²) in [5, 5.41) is 15.1. The highest BCUT2D eigenvalue weighted by atomic mass is 16.3. The van der Waals surface area contributed by atoms with Crippen LogP contribution in [0.3, 0.4) is 0 Å². The van der Waals surface area contributed by atoms with E-state index in [-0.39, 0.29) is 6.61 Å². The second-order valence-corrected chi connectivity index (χ2v) is 4.54. The number of nitrogens with two attached hydrogens (primary N) is 2. The highest BCUT2D eigenvalue weighted by Crippen LogP contribution is 2.18. The predicted molar refractivity (Wildman–Crippen MR) is 84.6 cm³/mol. The van der Waals surface area contributed by atoms with Gasteiger partial charge < -0.3 is 27.2 Å². The fourth-order valence-corrected chi connectivity index (χ4v) is 1.88. The molecule has 20 heavy (non-hydrogen) atoms. The summed E-state index contributed by atoms with van der Waals surface area (Å²) >= 11 is 0. The maximum Gasteiger partial charge on any atom is 0.0604 e. The maximum absolute atomic E-state index is 8.74. The van der Waals surface area contributed by atoms with E-state index in [9.17, 15) is 0 Å². The van der Waals surface area contributed by atoms with Gasteiger partial charge in [-0.25, -0.2) is 0 Å². The number of nitrogen functional groups attached to an aromatic ring is 2. The Morgan fingerprint density at radius 2 is 1.55 bits per heavy atom. The molecule has 7 N–H and O–H groups in total. The van der Waals surface area contributed by atoms with Crippen molar-refractivity contribution >= 4 is 22.7 Å². The summed E-state index contributed by atoms with van der Waals surface area (Å²) < 4.78 is 0. The zero-order valence-electron chi connectivity index (χ0n) is 11.3. The quantitative estimate of drug-likeness (QED) is 0.517. The van der Waals surface area contributed by atoms with Gasteiger partial charge in [-0.1, -0.05) is 0 Å². The van der Waals surface area contributed by atoms with Crippen LogP contribution in [0, 0.1) is 0 Å². The third kappa shape index (κ3) is 3.80. The van der Waals surface area contributed by atoms with Gasteiger partial charge in [-0.05, 0) is 48.0 Å². The molecule has 0 atom stereocenters. The zero-order valence-corrected chi connectivity index (χ0v) is 11.3. The van der Waals surface area contributed by atoms with Crippen LogP contribution < -0.4 is 22.1 Å². The zero-order chi connectivity index (χ0) is 14.4. The Morgan fingerprint density at radius 1 is 0.900 bits per heavy atom. The average Bonchev–Trinajstić information content (AvgIpc) is 2.47. The second kappa shape index (κ2) is 6.68. The molecule has 0 unspecified atom stereocenters. The molecule has 0 aromatic heterocycles. The van der Waals surface area contributed by atoms with Gasteiger partial charge in [0.2, 0.25) is 0 Å². The maximum atomic E-state index is 8.74. The molecule has 0 heterocycles. The number of aliphatic hydroxyl groups excluding tert-OH is 1. The molecule has 0 amide bonds. The smallest absolute Gasteiger partial charge is 0.0604 e. The van der Waals surface area contributed by atoms with Crippen LogP contribution in [-0.4, -0.2) is 18.3 Å². The van der Waals surface area contributed by atoms with Crippen molar-refractivity contribution in [1.82, 2.24) is 0 Å². The molecule has 5 heteroatoms. The molecule has 0 saturated carbocycles. The average molecular weight is 272 g/mol. The van der Waals surface area contributed by atoms with Crippen LogP contribution in [0.1, 0.15) is 5.56 Å². The fraction of sp³-hybridized carbons (Fsp3) is 0.200. The van der Waals surface area contributed by atoms with Crippen molar-refractivity contribution in [1.29, 1.82) is 0 Å². The van der Waals surface area contributed by atoms with Crippen LogP contribution in [-0.2, 0) is 6.54 Å². The van der Waals surface area contributed by atoms with E-state index in [0.717, 1.165) is 22.6 Å². The molecule has 2 aromatic carbocycles. The van der Waals surface area contributed by atoms with Crippen molar-refractivity contribution in [2.45, 2.75) is 6.54 Å². The van der Waals surface area contributed by atoms with Crippen LogP contribution in [0.25, 0.3) is 0 Å². The lowest BCUT2D eigenvalue weighted by Gasteiger charge is -2.11. The van der Waals surface area contributed by atoms with Gasteiger partial charge in [0.05, 0.1) is 6.61 Å². The van der Waals surface area contributed by atoms with Crippen molar-refractivity contribution in [3.63, 3.8) is 0 Å².